The van der Waals surface area contributed by atoms with Crippen molar-refractivity contribution in [3.8, 4) is 0 Å². The summed E-state index contributed by atoms with van der Waals surface area (Å²) in [7, 11) is 0. The lowest BCUT2D eigenvalue weighted by Gasteiger charge is -2.31. The Kier molecular flexibility index (Phi) is 2.81. The van der Waals surface area contributed by atoms with E-state index in [1.54, 1.807) is 0 Å². The Balaban J connectivity index is 1.67. The number of hydrogen-bond acceptors (Lipinski definition) is 5. The van der Waals surface area contributed by atoms with Gasteiger partial charge in [-0.05, 0) is 31.7 Å². The molecule has 1 aliphatic heterocycles. The summed E-state index contributed by atoms with van der Waals surface area (Å²) in [5, 5.41) is 9.67. The van der Waals surface area contributed by atoms with E-state index in [1.807, 2.05) is 0 Å². The summed E-state index contributed by atoms with van der Waals surface area (Å²) in [6.07, 6.45) is 7.01. The first-order valence-electron chi connectivity index (χ1n) is 6.15. The van der Waals surface area contributed by atoms with Crippen LogP contribution in [0.5, 0.6) is 0 Å². The van der Waals surface area contributed by atoms with Crippen LogP contribution in [-0.4, -0.2) is 27.7 Å². The molecule has 0 bridgehead atoms. The normalized spacial score (nSPS) is 30.5. The third kappa shape index (κ3) is 1.94. The lowest BCUT2D eigenvalue weighted by molar-refractivity contribution is 0.175. The fourth-order valence-corrected chi connectivity index (χ4v) is 3.84. The predicted molar refractivity (Wildman–Crippen MR) is 65.1 cm³/mol. The molecule has 2 atom stereocenters. The Labute approximate surface area is 99.9 Å². The van der Waals surface area contributed by atoms with Crippen molar-refractivity contribution in [2.75, 3.05) is 12.3 Å². The third-order valence-electron chi connectivity index (χ3n) is 3.95. The molecule has 16 heavy (non-hydrogen) atoms. The van der Waals surface area contributed by atoms with Crippen LogP contribution in [-0.2, 0) is 6.54 Å². The van der Waals surface area contributed by atoms with Gasteiger partial charge in [0.1, 0.15) is 5.01 Å². The molecule has 2 fully saturated rings. The summed E-state index contributed by atoms with van der Waals surface area (Å²) >= 11 is 1.53. The minimum atomic E-state index is 0.592. The van der Waals surface area contributed by atoms with Gasteiger partial charge in [0.25, 0.3) is 0 Å². The maximum atomic E-state index is 5.61. The van der Waals surface area contributed by atoms with Gasteiger partial charge in [-0.2, -0.15) is 0 Å². The fourth-order valence-electron chi connectivity index (χ4n) is 3.20. The molecular formula is C11H18N4S. The van der Waals surface area contributed by atoms with Crippen LogP contribution in [0.3, 0.4) is 0 Å². The molecule has 1 saturated heterocycles. The van der Waals surface area contributed by atoms with Crippen molar-refractivity contribution in [3.05, 3.63) is 5.01 Å². The number of aromatic nitrogens is 2. The fraction of sp³-hybridized carbons (Fsp3) is 0.818. The summed E-state index contributed by atoms with van der Waals surface area (Å²) < 4.78 is 0. The van der Waals surface area contributed by atoms with Crippen molar-refractivity contribution >= 4 is 16.5 Å². The highest BCUT2D eigenvalue weighted by atomic mass is 32.1. The highest BCUT2D eigenvalue weighted by Gasteiger charge is 2.35. The maximum absolute atomic E-state index is 5.61. The van der Waals surface area contributed by atoms with Gasteiger partial charge >= 0.3 is 0 Å². The molecule has 1 aliphatic carbocycles. The van der Waals surface area contributed by atoms with E-state index in [1.165, 1.54) is 50.0 Å². The molecule has 0 radical (unpaired) electrons. The van der Waals surface area contributed by atoms with Crippen LogP contribution in [0, 0.1) is 5.92 Å². The summed E-state index contributed by atoms with van der Waals surface area (Å²) in [5.41, 5.74) is 5.61. The molecule has 1 saturated carbocycles. The molecule has 3 rings (SSSR count). The predicted octanol–water partition coefficient (Wildman–Crippen LogP) is 1.88. The molecule has 0 aromatic carbocycles. The zero-order chi connectivity index (χ0) is 11.0. The first kappa shape index (κ1) is 10.5. The quantitative estimate of drug-likeness (QED) is 0.855. The van der Waals surface area contributed by atoms with E-state index in [9.17, 15) is 0 Å². The summed E-state index contributed by atoms with van der Waals surface area (Å²) in [6, 6.07) is 0.805. The second-order valence-corrected chi connectivity index (χ2v) is 6.00. The van der Waals surface area contributed by atoms with E-state index in [4.69, 9.17) is 5.73 Å². The van der Waals surface area contributed by atoms with Crippen LogP contribution >= 0.6 is 11.3 Å². The van der Waals surface area contributed by atoms with Crippen molar-refractivity contribution in [2.24, 2.45) is 5.92 Å². The van der Waals surface area contributed by atoms with Crippen molar-refractivity contribution in [2.45, 2.75) is 44.7 Å². The van der Waals surface area contributed by atoms with Crippen LogP contribution in [0.1, 0.15) is 37.1 Å². The minimum absolute atomic E-state index is 0.592. The van der Waals surface area contributed by atoms with Gasteiger partial charge < -0.3 is 5.73 Å². The lowest BCUT2D eigenvalue weighted by atomic mass is 9.85. The lowest BCUT2D eigenvalue weighted by Crippen LogP contribution is -2.34. The summed E-state index contributed by atoms with van der Waals surface area (Å²) in [6.45, 7) is 2.19. The van der Waals surface area contributed by atoms with E-state index in [-0.39, 0.29) is 0 Å². The monoisotopic (exact) mass is 238 g/mol. The summed E-state index contributed by atoms with van der Waals surface area (Å²) in [5.74, 6) is 0.944. The zero-order valence-corrected chi connectivity index (χ0v) is 10.2. The highest BCUT2D eigenvalue weighted by molar-refractivity contribution is 7.15. The number of fused-ring (bicyclic) bond motifs is 1. The average molecular weight is 238 g/mol. The molecule has 2 unspecified atom stereocenters. The number of likely N-dealkylation sites (tertiary alicyclic amines) is 1. The van der Waals surface area contributed by atoms with Crippen molar-refractivity contribution in [3.63, 3.8) is 0 Å². The molecule has 5 heteroatoms. The molecule has 1 aromatic rings. The molecule has 88 valence electrons. The number of nitrogens with two attached hydrogens (primary N) is 1. The van der Waals surface area contributed by atoms with Crippen molar-refractivity contribution in [1.29, 1.82) is 0 Å². The van der Waals surface area contributed by atoms with Gasteiger partial charge in [0.2, 0.25) is 5.13 Å². The van der Waals surface area contributed by atoms with E-state index in [2.05, 4.69) is 15.1 Å². The van der Waals surface area contributed by atoms with Gasteiger partial charge in [-0.3, -0.25) is 4.90 Å². The van der Waals surface area contributed by atoms with Crippen LogP contribution in [0.2, 0.25) is 0 Å². The van der Waals surface area contributed by atoms with E-state index in [0.29, 0.717) is 5.13 Å². The Morgan fingerprint density at radius 3 is 2.94 bits per heavy atom. The number of nitrogen functional groups attached to an aromatic ring is 1. The number of hydrogen-bond donors (Lipinski definition) is 1. The van der Waals surface area contributed by atoms with Crippen LogP contribution in [0.25, 0.3) is 0 Å². The van der Waals surface area contributed by atoms with Crippen molar-refractivity contribution in [1.82, 2.24) is 15.1 Å². The van der Waals surface area contributed by atoms with Gasteiger partial charge in [0.15, 0.2) is 0 Å². The van der Waals surface area contributed by atoms with Crippen LogP contribution < -0.4 is 5.73 Å². The van der Waals surface area contributed by atoms with Gasteiger partial charge in [-0.25, -0.2) is 0 Å². The first-order valence-corrected chi connectivity index (χ1v) is 6.96. The maximum Gasteiger partial charge on any atom is 0.203 e. The summed E-state index contributed by atoms with van der Waals surface area (Å²) in [4.78, 5) is 2.59. The average Bonchev–Trinajstić information content (AvgIpc) is 2.87. The van der Waals surface area contributed by atoms with E-state index in [0.717, 1.165) is 23.5 Å². The Morgan fingerprint density at radius 2 is 2.12 bits per heavy atom. The topological polar surface area (TPSA) is 55.0 Å². The van der Waals surface area contributed by atoms with Crippen molar-refractivity contribution < 1.29 is 0 Å². The van der Waals surface area contributed by atoms with Gasteiger partial charge in [0, 0.05) is 6.04 Å². The molecule has 2 aliphatic rings. The standard InChI is InChI=1S/C11H18N4S/c12-11-14-13-10(16-11)7-15-6-5-8-3-1-2-4-9(8)15/h8-9H,1-7H2,(H2,12,14). The molecular weight excluding hydrogens is 220 g/mol. The Hall–Kier alpha value is -0.680. The Morgan fingerprint density at radius 1 is 1.25 bits per heavy atom. The van der Waals surface area contributed by atoms with Gasteiger partial charge in [-0.1, -0.05) is 24.2 Å². The Bertz CT molecular complexity index is 365. The first-order chi connectivity index (χ1) is 7.83. The second-order valence-electron chi connectivity index (χ2n) is 4.91. The van der Waals surface area contributed by atoms with E-state index < -0.39 is 0 Å². The van der Waals surface area contributed by atoms with Crippen LogP contribution in [0.4, 0.5) is 5.13 Å². The number of nitrogens with zero attached hydrogens (tertiary/aromatic N) is 3. The van der Waals surface area contributed by atoms with E-state index >= 15 is 0 Å². The molecule has 4 nitrogen and oxygen atoms in total. The molecule has 0 spiro atoms. The minimum Gasteiger partial charge on any atom is -0.374 e. The largest absolute Gasteiger partial charge is 0.374 e. The van der Waals surface area contributed by atoms with Gasteiger partial charge in [0.05, 0.1) is 6.54 Å². The highest BCUT2D eigenvalue weighted by Crippen LogP contribution is 2.37. The molecule has 2 heterocycles. The molecule has 2 N–H and O–H groups in total. The number of rotatable bonds is 2. The molecule has 1 aromatic heterocycles. The molecule has 0 amide bonds. The smallest absolute Gasteiger partial charge is 0.203 e. The second kappa shape index (κ2) is 4.30. The van der Waals surface area contributed by atoms with Crippen LogP contribution in [0.15, 0.2) is 0 Å². The van der Waals surface area contributed by atoms with Gasteiger partial charge in [-0.15, -0.1) is 10.2 Å². The number of anilines is 1. The zero-order valence-electron chi connectivity index (χ0n) is 9.43. The third-order valence-corrected chi connectivity index (χ3v) is 4.68. The SMILES string of the molecule is Nc1nnc(CN2CCC3CCCCC32)s1.